The van der Waals surface area contributed by atoms with Gasteiger partial charge in [0, 0.05) is 29.0 Å². The van der Waals surface area contributed by atoms with Gasteiger partial charge in [-0.15, -0.1) is 0 Å². The number of aryl methyl sites for hydroxylation is 1. The zero-order valence-electron chi connectivity index (χ0n) is 15.9. The molecule has 152 valence electrons. The van der Waals surface area contributed by atoms with Crippen LogP contribution in [0, 0.1) is 5.82 Å². The van der Waals surface area contributed by atoms with E-state index in [1.54, 1.807) is 30.5 Å². The van der Waals surface area contributed by atoms with Gasteiger partial charge in [-0.3, -0.25) is 4.79 Å². The van der Waals surface area contributed by atoms with Crippen molar-refractivity contribution in [1.82, 2.24) is 10.3 Å². The van der Waals surface area contributed by atoms with Gasteiger partial charge in [-0.25, -0.2) is 9.37 Å². The Bertz CT molecular complexity index is 1040. The number of nitrogens with one attached hydrogen (secondary N) is 1. The number of aromatic nitrogens is 1. The lowest BCUT2D eigenvalue weighted by Crippen LogP contribution is -2.22. The van der Waals surface area contributed by atoms with Crippen molar-refractivity contribution in [2.75, 3.05) is 0 Å². The Labute approximate surface area is 177 Å². The number of furan rings is 1. The molecule has 0 aliphatic rings. The predicted molar refractivity (Wildman–Crippen MR) is 111 cm³/mol. The summed E-state index contributed by atoms with van der Waals surface area (Å²) < 4.78 is 24.4. The molecule has 0 saturated heterocycles. The van der Waals surface area contributed by atoms with Crippen molar-refractivity contribution in [3.63, 3.8) is 0 Å². The first kappa shape index (κ1) is 19.9. The molecular weight excluding hydrogens is 407 g/mol. The summed E-state index contributed by atoms with van der Waals surface area (Å²) in [6, 6.07) is 17.0. The summed E-state index contributed by atoms with van der Waals surface area (Å²) in [6.45, 7) is 0.291. The van der Waals surface area contributed by atoms with Crippen LogP contribution >= 0.6 is 11.6 Å². The summed E-state index contributed by atoms with van der Waals surface area (Å²) in [7, 11) is 0. The van der Waals surface area contributed by atoms with E-state index in [9.17, 15) is 9.18 Å². The molecule has 0 spiro atoms. The van der Waals surface area contributed by atoms with E-state index in [1.807, 2.05) is 24.3 Å². The van der Waals surface area contributed by atoms with Gasteiger partial charge in [0.15, 0.2) is 11.7 Å². The highest BCUT2D eigenvalue weighted by Crippen LogP contribution is 2.24. The maximum absolute atomic E-state index is 13.0. The van der Waals surface area contributed by atoms with Gasteiger partial charge in [0.1, 0.15) is 17.3 Å². The Morgan fingerprint density at radius 3 is 2.40 bits per heavy atom. The Balaban J connectivity index is 1.27. The quantitative estimate of drug-likeness (QED) is 0.416. The van der Waals surface area contributed by atoms with Crippen LogP contribution in [0.15, 0.2) is 75.7 Å². The number of rotatable bonds is 7. The molecule has 0 aliphatic heterocycles. The number of carbonyl (C=O) groups is 1. The second-order valence-electron chi connectivity index (χ2n) is 6.67. The van der Waals surface area contributed by atoms with E-state index in [0.717, 1.165) is 11.1 Å². The van der Waals surface area contributed by atoms with Crippen molar-refractivity contribution in [2.24, 2.45) is 0 Å². The average molecular weight is 425 g/mol. The minimum atomic E-state index is -0.313. The van der Waals surface area contributed by atoms with Crippen LogP contribution in [-0.4, -0.2) is 10.9 Å². The molecule has 2 aromatic carbocycles. The largest absolute Gasteiger partial charge is 0.459 e. The lowest BCUT2D eigenvalue weighted by atomic mass is 10.2. The van der Waals surface area contributed by atoms with Crippen LogP contribution in [-0.2, 0) is 17.8 Å². The van der Waals surface area contributed by atoms with Crippen LogP contribution < -0.4 is 5.32 Å². The third-order valence-corrected chi connectivity index (χ3v) is 4.75. The number of hydrogen-bond acceptors (Lipinski definition) is 4. The lowest BCUT2D eigenvalue weighted by Gasteiger charge is -2.02. The molecule has 0 fully saturated rings. The van der Waals surface area contributed by atoms with Crippen molar-refractivity contribution < 1.29 is 18.0 Å². The Hall–Kier alpha value is -3.38. The summed E-state index contributed by atoms with van der Waals surface area (Å²) in [5, 5.41) is 3.48. The molecule has 1 N–H and O–H groups in total. The second-order valence-corrected chi connectivity index (χ2v) is 7.11. The van der Waals surface area contributed by atoms with Crippen molar-refractivity contribution in [2.45, 2.75) is 19.4 Å². The maximum atomic E-state index is 13.0. The van der Waals surface area contributed by atoms with Crippen molar-refractivity contribution in [3.05, 3.63) is 89.4 Å². The number of halogens is 2. The van der Waals surface area contributed by atoms with Gasteiger partial charge >= 0.3 is 0 Å². The molecule has 0 aliphatic carbocycles. The number of oxazole rings is 1. The normalized spacial score (nSPS) is 10.9. The molecule has 1 amide bonds. The fraction of sp³-hybridized carbons (Fsp3) is 0.130. The molecule has 30 heavy (non-hydrogen) atoms. The average Bonchev–Trinajstić information content (AvgIpc) is 3.42. The first-order chi connectivity index (χ1) is 14.6. The molecule has 0 saturated carbocycles. The third kappa shape index (κ3) is 4.96. The van der Waals surface area contributed by atoms with Gasteiger partial charge in [-0.1, -0.05) is 11.6 Å². The number of carbonyl (C=O) groups excluding carboxylic acids is 1. The smallest absolute Gasteiger partial charge is 0.220 e. The number of nitrogens with zero attached hydrogens (tertiary/aromatic N) is 1. The Morgan fingerprint density at radius 2 is 1.63 bits per heavy atom. The summed E-state index contributed by atoms with van der Waals surface area (Å²) in [4.78, 5) is 16.3. The minimum absolute atomic E-state index is 0.138. The number of hydrogen-bond donors (Lipinski definition) is 1. The number of amides is 1. The SMILES string of the molecule is O=C(CCc1ncc(-c2ccc(F)cc2)o1)NCc1ccc(-c2ccc(Cl)cc2)o1. The standard InChI is InChI=1S/C23H18ClFN2O3/c24-17-5-1-15(2-6-17)20-10-9-19(29-20)13-26-22(28)11-12-23-27-14-21(30-23)16-3-7-18(25)8-4-16/h1-10,14H,11-13H2,(H,26,28). The van der Waals surface area contributed by atoms with E-state index in [0.29, 0.717) is 41.2 Å². The molecule has 4 rings (SSSR count). The van der Waals surface area contributed by atoms with E-state index in [-0.39, 0.29) is 18.1 Å². The van der Waals surface area contributed by atoms with E-state index in [2.05, 4.69) is 10.3 Å². The molecule has 0 bridgehead atoms. The fourth-order valence-corrected chi connectivity index (χ4v) is 3.04. The topological polar surface area (TPSA) is 68.3 Å². The van der Waals surface area contributed by atoms with Crippen molar-refractivity contribution >= 4 is 17.5 Å². The minimum Gasteiger partial charge on any atom is -0.459 e. The lowest BCUT2D eigenvalue weighted by molar-refractivity contribution is -0.121. The van der Waals surface area contributed by atoms with E-state index < -0.39 is 0 Å². The molecule has 0 radical (unpaired) electrons. The van der Waals surface area contributed by atoms with E-state index in [1.165, 1.54) is 12.1 Å². The van der Waals surface area contributed by atoms with Crippen LogP contribution in [0.25, 0.3) is 22.6 Å². The summed E-state index contributed by atoms with van der Waals surface area (Å²) in [5.41, 5.74) is 1.65. The van der Waals surface area contributed by atoms with Crippen LogP contribution in [0.3, 0.4) is 0 Å². The van der Waals surface area contributed by atoms with Gasteiger partial charge in [-0.05, 0) is 60.7 Å². The van der Waals surface area contributed by atoms with Crippen LogP contribution in [0.5, 0.6) is 0 Å². The highest BCUT2D eigenvalue weighted by Gasteiger charge is 2.10. The summed E-state index contributed by atoms with van der Waals surface area (Å²) in [6.07, 6.45) is 2.16. The first-order valence-electron chi connectivity index (χ1n) is 9.39. The molecule has 7 heteroatoms. The third-order valence-electron chi connectivity index (χ3n) is 4.50. The van der Waals surface area contributed by atoms with Crippen LogP contribution in [0.4, 0.5) is 4.39 Å². The van der Waals surface area contributed by atoms with E-state index >= 15 is 0 Å². The van der Waals surface area contributed by atoms with E-state index in [4.69, 9.17) is 20.4 Å². The molecule has 0 atom stereocenters. The van der Waals surface area contributed by atoms with Gasteiger partial charge in [0.05, 0.1) is 12.7 Å². The zero-order valence-corrected chi connectivity index (χ0v) is 16.7. The van der Waals surface area contributed by atoms with Gasteiger partial charge < -0.3 is 14.2 Å². The summed E-state index contributed by atoms with van der Waals surface area (Å²) >= 11 is 5.90. The maximum Gasteiger partial charge on any atom is 0.220 e. The van der Waals surface area contributed by atoms with Crippen LogP contribution in [0.1, 0.15) is 18.1 Å². The molecule has 2 aromatic heterocycles. The highest BCUT2D eigenvalue weighted by atomic mass is 35.5. The second kappa shape index (κ2) is 8.97. The van der Waals surface area contributed by atoms with Crippen molar-refractivity contribution in [3.8, 4) is 22.6 Å². The highest BCUT2D eigenvalue weighted by molar-refractivity contribution is 6.30. The Kier molecular flexibility index (Phi) is 5.95. The first-order valence-corrected chi connectivity index (χ1v) is 9.76. The van der Waals surface area contributed by atoms with Gasteiger partial charge in [-0.2, -0.15) is 0 Å². The molecule has 5 nitrogen and oxygen atoms in total. The van der Waals surface area contributed by atoms with Gasteiger partial charge in [0.25, 0.3) is 0 Å². The molecule has 2 heterocycles. The summed E-state index contributed by atoms with van der Waals surface area (Å²) in [5.74, 6) is 1.91. The molecular formula is C23H18ClFN2O3. The number of benzene rings is 2. The zero-order chi connectivity index (χ0) is 20.9. The van der Waals surface area contributed by atoms with Gasteiger partial charge in [0.2, 0.25) is 5.91 Å². The van der Waals surface area contributed by atoms with Crippen molar-refractivity contribution in [1.29, 1.82) is 0 Å². The van der Waals surface area contributed by atoms with Crippen LogP contribution in [0.2, 0.25) is 5.02 Å². The predicted octanol–water partition coefficient (Wildman–Crippen LogP) is 5.64. The monoisotopic (exact) mass is 424 g/mol. The molecule has 4 aromatic rings. The molecule has 0 unspecified atom stereocenters. The fourth-order valence-electron chi connectivity index (χ4n) is 2.91. The Morgan fingerprint density at radius 1 is 0.933 bits per heavy atom.